The predicted octanol–water partition coefficient (Wildman–Crippen LogP) is 2.04. The van der Waals surface area contributed by atoms with E-state index in [0.29, 0.717) is 6.04 Å². The number of hydrogen-bond acceptors (Lipinski definition) is 3. The van der Waals surface area contributed by atoms with Gasteiger partial charge in [-0.05, 0) is 31.4 Å². The summed E-state index contributed by atoms with van der Waals surface area (Å²) in [7, 11) is 0. The highest BCUT2D eigenvalue weighted by Gasteiger charge is 2.25. The first-order chi connectivity index (χ1) is 6.86. The molecule has 1 N–H and O–H groups in total. The van der Waals surface area contributed by atoms with Crippen LogP contribution >= 0.6 is 11.8 Å². The minimum absolute atomic E-state index is 0.620. The van der Waals surface area contributed by atoms with Crippen LogP contribution < -0.4 is 5.32 Å². The molecular weight excluding hydrogens is 194 g/mol. The van der Waals surface area contributed by atoms with E-state index < -0.39 is 0 Å². The third-order valence-electron chi connectivity index (χ3n) is 3.22. The third kappa shape index (κ3) is 2.88. The van der Waals surface area contributed by atoms with Gasteiger partial charge >= 0.3 is 0 Å². The van der Waals surface area contributed by atoms with Gasteiger partial charge < -0.3 is 10.1 Å². The maximum Gasteiger partial charge on any atom is 0.0619 e. The summed E-state index contributed by atoms with van der Waals surface area (Å²) in [6.45, 7) is 4.24. The van der Waals surface area contributed by atoms with E-state index in [2.05, 4.69) is 24.0 Å². The van der Waals surface area contributed by atoms with Gasteiger partial charge in [0.05, 0.1) is 6.61 Å². The molecule has 2 heterocycles. The first-order valence-corrected chi connectivity index (χ1v) is 6.86. The second-order valence-corrected chi connectivity index (χ2v) is 5.89. The molecule has 0 radical (unpaired) electrons. The van der Waals surface area contributed by atoms with Gasteiger partial charge in [-0.15, -0.1) is 0 Å². The van der Waals surface area contributed by atoms with Crippen LogP contribution in [0.5, 0.6) is 0 Å². The van der Waals surface area contributed by atoms with Crippen LogP contribution in [0.1, 0.15) is 32.6 Å². The van der Waals surface area contributed by atoms with Gasteiger partial charge in [-0.25, -0.2) is 0 Å². The van der Waals surface area contributed by atoms with Crippen molar-refractivity contribution in [2.45, 2.75) is 49.9 Å². The maximum atomic E-state index is 5.49. The van der Waals surface area contributed by atoms with E-state index in [1.165, 1.54) is 31.4 Å². The fraction of sp³-hybridized carbons (Fsp3) is 1.00. The van der Waals surface area contributed by atoms with Crippen molar-refractivity contribution in [3.8, 4) is 0 Å². The zero-order valence-electron chi connectivity index (χ0n) is 9.00. The molecule has 14 heavy (non-hydrogen) atoms. The third-order valence-corrected chi connectivity index (χ3v) is 4.60. The van der Waals surface area contributed by atoms with E-state index in [4.69, 9.17) is 4.74 Å². The Labute approximate surface area is 91.2 Å². The first-order valence-electron chi connectivity index (χ1n) is 5.81. The van der Waals surface area contributed by atoms with Gasteiger partial charge in [0.1, 0.15) is 0 Å². The Balaban J connectivity index is 1.76. The highest BCUT2D eigenvalue weighted by molar-refractivity contribution is 7.99. The number of thioether (sulfide) groups is 1. The first kappa shape index (κ1) is 10.8. The van der Waals surface area contributed by atoms with Crippen LogP contribution in [0.4, 0.5) is 0 Å². The van der Waals surface area contributed by atoms with Gasteiger partial charge in [0, 0.05) is 23.9 Å². The fourth-order valence-electron chi connectivity index (χ4n) is 2.32. The maximum absolute atomic E-state index is 5.49. The Morgan fingerprint density at radius 3 is 2.93 bits per heavy atom. The second-order valence-electron chi connectivity index (χ2n) is 4.41. The Hall–Kier alpha value is 0.270. The molecule has 2 rings (SSSR count). The lowest BCUT2D eigenvalue weighted by Gasteiger charge is -2.34. The van der Waals surface area contributed by atoms with Gasteiger partial charge in [0.2, 0.25) is 0 Å². The average Bonchev–Trinajstić information content (AvgIpc) is 2.23. The van der Waals surface area contributed by atoms with Crippen LogP contribution in [-0.4, -0.2) is 36.3 Å². The highest BCUT2D eigenvalue weighted by Crippen LogP contribution is 2.25. The fourth-order valence-corrected chi connectivity index (χ4v) is 3.47. The van der Waals surface area contributed by atoms with Gasteiger partial charge in [-0.2, -0.15) is 11.8 Å². The summed E-state index contributed by atoms with van der Waals surface area (Å²) in [6.07, 6.45) is 5.25. The molecule has 0 saturated carbocycles. The van der Waals surface area contributed by atoms with Gasteiger partial charge in [-0.3, -0.25) is 0 Å². The zero-order chi connectivity index (χ0) is 9.80. The topological polar surface area (TPSA) is 21.3 Å². The summed E-state index contributed by atoms with van der Waals surface area (Å²) in [5.74, 6) is 1.35. The standard InChI is InChI=1S/C11H21NOS/c1-9-11(5-3-7-14-9)12-10-4-2-6-13-8-10/h9-12H,2-8H2,1H3. The lowest BCUT2D eigenvalue weighted by molar-refractivity contribution is 0.0658. The summed E-state index contributed by atoms with van der Waals surface area (Å²) in [4.78, 5) is 0. The van der Waals surface area contributed by atoms with E-state index in [9.17, 15) is 0 Å². The molecule has 0 spiro atoms. The van der Waals surface area contributed by atoms with Crippen molar-refractivity contribution >= 4 is 11.8 Å². The average molecular weight is 215 g/mol. The summed E-state index contributed by atoms with van der Waals surface area (Å²) >= 11 is 2.11. The zero-order valence-corrected chi connectivity index (χ0v) is 9.81. The molecule has 2 fully saturated rings. The van der Waals surface area contributed by atoms with Crippen molar-refractivity contribution in [3.05, 3.63) is 0 Å². The normalized spacial score (nSPS) is 39.6. The Kier molecular flexibility index (Phi) is 4.14. The van der Waals surface area contributed by atoms with Gasteiger partial charge in [0.15, 0.2) is 0 Å². The van der Waals surface area contributed by atoms with Crippen LogP contribution in [0.15, 0.2) is 0 Å². The van der Waals surface area contributed by atoms with E-state index in [0.717, 1.165) is 24.5 Å². The van der Waals surface area contributed by atoms with E-state index >= 15 is 0 Å². The summed E-state index contributed by atoms with van der Waals surface area (Å²) in [5.41, 5.74) is 0. The molecule has 3 unspecified atom stereocenters. The molecule has 2 saturated heterocycles. The summed E-state index contributed by atoms with van der Waals surface area (Å²) < 4.78 is 5.49. The summed E-state index contributed by atoms with van der Waals surface area (Å²) in [6, 6.07) is 1.34. The van der Waals surface area contributed by atoms with Crippen molar-refractivity contribution in [2.24, 2.45) is 0 Å². The molecule has 2 nitrogen and oxygen atoms in total. The molecule has 3 heteroatoms. The molecule has 2 aliphatic heterocycles. The van der Waals surface area contributed by atoms with Crippen LogP contribution in [0.25, 0.3) is 0 Å². The highest BCUT2D eigenvalue weighted by atomic mass is 32.2. The van der Waals surface area contributed by atoms with E-state index in [1.807, 2.05) is 0 Å². The van der Waals surface area contributed by atoms with Crippen molar-refractivity contribution in [3.63, 3.8) is 0 Å². The largest absolute Gasteiger partial charge is 0.380 e. The molecule has 0 aliphatic carbocycles. The van der Waals surface area contributed by atoms with Crippen LogP contribution in [-0.2, 0) is 4.74 Å². The van der Waals surface area contributed by atoms with E-state index in [-0.39, 0.29) is 0 Å². The van der Waals surface area contributed by atoms with Crippen LogP contribution in [0, 0.1) is 0 Å². The molecule has 0 aromatic carbocycles. The number of rotatable bonds is 2. The molecule has 0 aromatic rings. The van der Waals surface area contributed by atoms with Gasteiger partial charge in [-0.1, -0.05) is 6.92 Å². The quantitative estimate of drug-likeness (QED) is 0.761. The Morgan fingerprint density at radius 2 is 2.21 bits per heavy atom. The number of ether oxygens (including phenoxy) is 1. The molecule has 0 bridgehead atoms. The smallest absolute Gasteiger partial charge is 0.0619 e. The second kappa shape index (κ2) is 5.38. The van der Waals surface area contributed by atoms with Crippen molar-refractivity contribution in [2.75, 3.05) is 19.0 Å². The number of hydrogen-bond donors (Lipinski definition) is 1. The Morgan fingerprint density at radius 1 is 1.29 bits per heavy atom. The molecular formula is C11H21NOS. The van der Waals surface area contributed by atoms with Crippen molar-refractivity contribution in [1.29, 1.82) is 0 Å². The SMILES string of the molecule is CC1SCCCC1NC1CCCOC1. The predicted molar refractivity (Wildman–Crippen MR) is 61.9 cm³/mol. The minimum atomic E-state index is 0.620. The summed E-state index contributed by atoms with van der Waals surface area (Å²) in [5, 5.41) is 4.54. The lowest BCUT2D eigenvalue weighted by atomic mass is 10.0. The molecule has 0 aromatic heterocycles. The van der Waals surface area contributed by atoms with Crippen LogP contribution in [0.3, 0.4) is 0 Å². The number of nitrogens with one attached hydrogen (secondary N) is 1. The molecule has 2 aliphatic rings. The monoisotopic (exact) mass is 215 g/mol. The molecule has 3 atom stereocenters. The van der Waals surface area contributed by atoms with E-state index in [1.54, 1.807) is 0 Å². The van der Waals surface area contributed by atoms with Crippen molar-refractivity contribution < 1.29 is 4.74 Å². The Bertz CT molecular complexity index is 171. The molecule has 82 valence electrons. The molecule has 0 amide bonds. The minimum Gasteiger partial charge on any atom is -0.380 e. The van der Waals surface area contributed by atoms with Crippen LogP contribution in [0.2, 0.25) is 0 Å². The van der Waals surface area contributed by atoms with Gasteiger partial charge in [0.25, 0.3) is 0 Å². The van der Waals surface area contributed by atoms with Crippen molar-refractivity contribution in [1.82, 2.24) is 5.32 Å². The lowest BCUT2D eigenvalue weighted by Crippen LogP contribution is -2.48.